The van der Waals surface area contributed by atoms with Gasteiger partial charge in [-0.25, -0.2) is 0 Å². The van der Waals surface area contributed by atoms with Crippen LogP contribution in [0.4, 0.5) is 5.69 Å². The Bertz CT molecular complexity index is 732. The average Bonchev–Trinajstić information content (AvgIpc) is 2.49. The number of carbonyl (C=O) groups excluding carboxylic acids is 4. The van der Waals surface area contributed by atoms with Crippen LogP contribution in [0.5, 0.6) is 0 Å². The number of hydrogen-bond donors (Lipinski definition) is 3. The second-order valence-corrected chi connectivity index (χ2v) is 6.05. The number of benzene rings is 1. The highest BCUT2D eigenvalue weighted by Crippen LogP contribution is 2.12. The van der Waals surface area contributed by atoms with E-state index in [1.54, 1.807) is 6.07 Å². The normalized spacial score (nSPS) is 16.9. The first-order valence-corrected chi connectivity index (χ1v) is 8.03. The highest BCUT2D eigenvalue weighted by Gasteiger charge is 2.32. The molecule has 1 heterocycles. The monoisotopic (exact) mass is 348 g/mol. The molecule has 1 atom stereocenters. The van der Waals surface area contributed by atoms with Crippen molar-refractivity contribution in [3.8, 4) is 0 Å². The van der Waals surface area contributed by atoms with Crippen LogP contribution in [-0.4, -0.2) is 40.6 Å². The van der Waals surface area contributed by atoms with E-state index in [1.807, 2.05) is 25.1 Å². The number of nitrogens with one attached hydrogen (secondary N) is 3. The highest BCUT2D eigenvalue weighted by molar-refractivity contribution is 8.14. The lowest BCUT2D eigenvalue weighted by Crippen LogP contribution is -2.54. The van der Waals surface area contributed by atoms with Gasteiger partial charge in [0.1, 0.15) is 0 Å². The first-order valence-electron chi connectivity index (χ1n) is 7.05. The Hall–Kier alpha value is -2.68. The minimum atomic E-state index is -1.33. The predicted molar refractivity (Wildman–Crippen MR) is 90.5 cm³/mol. The lowest BCUT2D eigenvalue weighted by atomic mass is 10.2. The molecule has 0 unspecified atom stereocenters. The Balaban J connectivity index is 1.90. The SMILES string of the molecule is CC(=O)N[C@@H]1C(=O)N=C(SCC(=O)Nc2cccc(C)c2)NC1=O. The summed E-state index contributed by atoms with van der Waals surface area (Å²) in [6.07, 6.45) is 0. The number of carbonyl (C=O) groups is 4. The molecule has 3 N–H and O–H groups in total. The van der Waals surface area contributed by atoms with Crippen molar-refractivity contribution in [2.24, 2.45) is 4.99 Å². The van der Waals surface area contributed by atoms with Crippen LogP contribution in [0, 0.1) is 6.92 Å². The second-order valence-electron chi connectivity index (χ2n) is 5.08. The number of nitrogens with zero attached hydrogens (tertiary/aromatic N) is 1. The first-order chi connectivity index (χ1) is 11.3. The van der Waals surface area contributed by atoms with E-state index in [9.17, 15) is 19.2 Å². The van der Waals surface area contributed by atoms with Crippen molar-refractivity contribution in [1.29, 1.82) is 0 Å². The van der Waals surface area contributed by atoms with Crippen molar-refractivity contribution in [2.45, 2.75) is 19.9 Å². The van der Waals surface area contributed by atoms with Crippen LogP contribution < -0.4 is 16.0 Å². The van der Waals surface area contributed by atoms with E-state index in [0.29, 0.717) is 5.69 Å². The molecule has 0 spiro atoms. The maximum atomic E-state index is 11.9. The molecule has 126 valence electrons. The van der Waals surface area contributed by atoms with Crippen LogP contribution in [0.3, 0.4) is 0 Å². The van der Waals surface area contributed by atoms with Gasteiger partial charge in [0, 0.05) is 12.6 Å². The van der Waals surface area contributed by atoms with E-state index < -0.39 is 23.8 Å². The van der Waals surface area contributed by atoms with Gasteiger partial charge in [-0.05, 0) is 24.6 Å². The summed E-state index contributed by atoms with van der Waals surface area (Å²) in [5.74, 6) is -2.26. The number of amides is 4. The summed E-state index contributed by atoms with van der Waals surface area (Å²) in [6, 6.07) is 5.99. The molecule has 0 radical (unpaired) electrons. The number of hydrogen-bond acceptors (Lipinski definition) is 5. The molecule has 2 rings (SSSR count). The van der Waals surface area contributed by atoms with Gasteiger partial charge in [-0.3, -0.25) is 19.2 Å². The summed E-state index contributed by atoms with van der Waals surface area (Å²) in [5, 5.41) is 7.34. The van der Waals surface area contributed by atoms with Crippen LogP contribution in [0.15, 0.2) is 29.3 Å². The van der Waals surface area contributed by atoms with Gasteiger partial charge in [0.05, 0.1) is 5.75 Å². The smallest absolute Gasteiger partial charge is 0.280 e. The van der Waals surface area contributed by atoms with Gasteiger partial charge in [0.25, 0.3) is 11.8 Å². The zero-order valence-electron chi connectivity index (χ0n) is 13.1. The van der Waals surface area contributed by atoms with Gasteiger partial charge in [-0.2, -0.15) is 4.99 Å². The van der Waals surface area contributed by atoms with E-state index in [1.165, 1.54) is 6.92 Å². The summed E-state index contributed by atoms with van der Waals surface area (Å²) in [7, 11) is 0. The number of aryl methyl sites for hydroxylation is 1. The number of rotatable bonds is 4. The van der Waals surface area contributed by atoms with Crippen molar-refractivity contribution in [2.75, 3.05) is 11.1 Å². The summed E-state index contributed by atoms with van der Waals surface area (Å²) in [5.41, 5.74) is 1.68. The highest BCUT2D eigenvalue weighted by atomic mass is 32.2. The fourth-order valence-electron chi connectivity index (χ4n) is 1.93. The van der Waals surface area contributed by atoms with Crippen LogP contribution in [0.1, 0.15) is 12.5 Å². The van der Waals surface area contributed by atoms with Crippen LogP contribution >= 0.6 is 11.8 Å². The molecule has 9 heteroatoms. The summed E-state index contributed by atoms with van der Waals surface area (Å²) in [4.78, 5) is 50.0. The maximum Gasteiger partial charge on any atom is 0.280 e. The van der Waals surface area contributed by atoms with Crippen molar-refractivity contribution in [3.63, 3.8) is 0 Å². The third-order valence-corrected chi connectivity index (χ3v) is 3.81. The van der Waals surface area contributed by atoms with Gasteiger partial charge in [-0.15, -0.1) is 0 Å². The molecule has 1 aromatic rings. The third-order valence-electron chi connectivity index (χ3n) is 2.94. The van der Waals surface area contributed by atoms with Gasteiger partial charge in [0.15, 0.2) is 11.2 Å². The molecular weight excluding hydrogens is 332 g/mol. The molecule has 4 amide bonds. The fraction of sp³-hybridized carbons (Fsp3) is 0.267. The topological polar surface area (TPSA) is 117 Å². The Labute approximate surface area is 142 Å². The van der Waals surface area contributed by atoms with E-state index in [2.05, 4.69) is 20.9 Å². The van der Waals surface area contributed by atoms with E-state index >= 15 is 0 Å². The predicted octanol–water partition coefficient (Wildman–Crippen LogP) is 0.184. The molecule has 0 saturated heterocycles. The largest absolute Gasteiger partial charge is 0.337 e. The Morgan fingerprint density at radius 1 is 1.33 bits per heavy atom. The first kappa shape index (κ1) is 17.7. The molecule has 24 heavy (non-hydrogen) atoms. The summed E-state index contributed by atoms with van der Waals surface area (Å²) >= 11 is 0.930. The van der Waals surface area contributed by atoms with E-state index in [4.69, 9.17) is 0 Å². The van der Waals surface area contributed by atoms with E-state index in [0.717, 1.165) is 17.3 Å². The molecule has 0 aliphatic carbocycles. The van der Waals surface area contributed by atoms with Gasteiger partial charge < -0.3 is 16.0 Å². The van der Waals surface area contributed by atoms with Gasteiger partial charge >= 0.3 is 0 Å². The zero-order chi connectivity index (χ0) is 17.7. The van der Waals surface area contributed by atoms with Gasteiger partial charge in [0.2, 0.25) is 11.8 Å². The second kappa shape index (κ2) is 7.73. The van der Waals surface area contributed by atoms with Crippen molar-refractivity contribution in [1.82, 2.24) is 10.6 Å². The summed E-state index contributed by atoms with van der Waals surface area (Å²) in [6.45, 7) is 3.11. The van der Waals surface area contributed by atoms with Crippen LogP contribution in [0.25, 0.3) is 0 Å². The van der Waals surface area contributed by atoms with Crippen molar-refractivity contribution >= 4 is 46.2 Å². The molecular formula is C15H16N4O4S. The Morgan fingerprint density at radius 2 is 2.08 bits per heavy atom. The molecule has 8 nitrogen and oxygen atoms in total. The zero-order valence-corrected chi connectivity index (χ0v) is 13.9. The molecule has 0 fully saturated rings. The minimum absolute atomic E-state index is 0.0227. The minimum Gasteiger partial charge on any atom is -0.337 e. The molecule has 1 aromatic carbocycles. The van der Waals surface area contributed by atoms with Crippen molar-refractivity contribution in [3.05, 3.63) is 29.8 Å². The fourth-order valence-corrected chi connectivity index (χ4v) is 2.60. The number of aliphatic imine (C=N–C) groups is 1. The number of thioether (sulfide) groups is 1. The standard InChI is InChI=1S/C15H16N4O4S/c1-8-4-3-5-10(6-8)17-11(21)7-24-15-18-13(22)12(14(23)19-15)16-9(2)20/h3-6,12H,7H2,1-2H3,(H,16,20)(H,17,21)(H,18,19,22,23). The molecule has 0 bridgehead atoms. The van der Waals surface area contributed by atoms with Crippen LogP contribution in [-0.2, 0) is 19.2 Å². The van der Waals surface area contributed by atoms with E-state index in [-0.39, 0.29) is 16.8 Å². The average molecular weight is 348 g/mol. The lowest BCUT2D eigenvalue weighted by Gasteiger charge is -2.19. The number of amidine groups is 1. The lowest BCUT2D eigenvalue weighted by molar-refractivity contribution is -0.134. The quantitative estimate of drug-likeness (QED) is 0.671. The van der Waals surface area contributed by atoms with Gasteiger partial charge in [-0.1, -0.05) is 23.9 Å². The molecule has 1 aliphatic rings. The summed E-state index contributed by atoms with van der Waals surface area (Å²) < 4.78 is 0. The van der Waals surface area contributed by atoms with Crippen LogP contribution in [0.2, 0.25) is 0 Å². The third kappa shape index (κ3) is 4.92. The molecule has 0 saturated carbocycles. The molecule has 1 aliphatic heterocycles. The number of anilines is 1. The Morgan fingerprint density at radius 3 is 2.71 bits per heavy atom. The maximum absolute atomic E-state index is 11.9. The molecule has 0 aromatic heterocycles. The van der Waals surface area contributed by atoms with Crippen molar-refractivity contribution < 1.29 is 19.2 Å². The Kier molecular flexibility index (Phi) is 5.69.